The Balaban J connectivity index is 3.26. The van der Waals surface area contributed by atoms with E-state index in [0.29, 0.717) is 6.42 Å². The smallest absolute Gasteiger partial charge is 0.341 e. The highest BCUT2D eigenvalue weighted by atomic mass is 32.2. The molecule has 0 unspecified atom stereocenters. The lowest BCUT2D eigenvalue weighted by molar-refractivity contribution is 0.0499. The van der Waals surface area contributed by atoms with E-state index in [1.807, 2.05) is 0 Å². The molecule has 2 N–H and O–H groups in total. The van der Waals surface area contributed by atoms with Crippen LogP contribution in [0.15, 0.2) is 17.0 Å². The Hall–Kier alpha value is -1.47. The molecule has 0 aromatic heterocycles. The highest BCUT2D eigenvalue weighted by molar-refractivity contribution is 7.89. The fraction of sp³-hybridized carbons (Fsp3) is 0.364. The molecule has 1 rings (SSSR count). The Kier molecular flexibility index (Phi) is 4.42. The number of hydrogen-bond donors (Lipinski definition) is 1. The van der Waals surface area contributed by atoms with E-state index >= 15 is 0 Å². The van der Waals surface area contributed by atoms with Crippen LogP contribution in [0.2, 0.25) is 0 Å². The van der Waals surface area contributed by atoms with Crippen LogP contribution in [0.5, 0.6) is 0 Å². The molecule has 1 aromatic rings. The highest BCUT2D eigenvalue weighted by Crippen LogP contribution is 2.19. The lowest BCUT2D eigenvalue weighted by atomic mass is 10.1. The van der Waals surface area contributed by atoms with Crippen LogP contribution >= 0.6 is 0 Å². The Morgan fingerprint density at radius 1 is 1.44 bits per heavy atom. The van der Waals surface area contributed by atoms with E-state index in [9.17, 15) is 17.6 Å². The summed E-state index contributed by atoms with van der Waals surface area (Å²) in [5, 5.41) is 4.97. The van der Waals surface area contributed by atoms with Crippen LogP contribution in [0.4, 0.5) is 4.39 Å². The van der Waals surface area contributed by atoms with E-state index in [-0.39, 0.29) is 17.1 Å². The molecule has 0 aliphatic heterocycles. The molecule has 0 heterocycles. The topological polar surface area (TPSA) is 86.5 Å². The molecule has 0 bridgehead atoms. The second-order valence-electron chi connectivity index (χ2n) is 3.78. The number of halogens is 1. The number of ether oxygens (including phenoxy) is 1. The molecule has 0 spiro atoms. The zero-order valence-corrected chi connectivity index (χ0v) is 10.9. The van der Waals surface area contributed by atoms with Gasteiger partial charge in [-0.2, -0.15) is 0 Å². The van der Waals surface area contributed by atoms with Crippen molar-refractivity contribution in [3.05, 3.63) is 29.1 Å². The van der Waals surface area contributed by atoms with Gasteiger partial charge in [-0.25, -0.2) is 22.7 Å². The van der Waals surface area contributed by atoms with Gasteiger partial charge in [0.1, 0.15) is 5.82 Å². The van der Waals surface area contributed by atoms with E-state index in [4.69, 9.17) is 9.88 Å². The van der Waals surface area contributed by atoms with Gasteiger partial charge < -0.3 is 4.74 Å². The molecule has 100 valence electrons. The molecule has 5 nitrogen and oxygen atoms in total. The predicted octanol–water partition coefficient (Wildman–Crippen LogP) is 1.35. The number of sulfonamides is 1. The van der Waals surface area contributed by atoms with Gasteiger partial charge in [0, 0.05) is 0 Å². The normalized spacial score (nSPS) is 11.3. The molecular weight excluding hydrogens is 261 g/mol. The SMILES string of the molecule is CCCOC(=O)c1cc(S(N)(=O)=O)c(C)cc1F. The summed E-state index contributed by atoms with van der Waals surface area (Å²) in [4.78, 5) is 11.2. The quantitative estimate of drug-likeness (QED) is 0.840. The van der Waals surface area contributed by atoms with Crippen molar-refractivity contribution in [3.63, 3.8) is 0 Å². The lowest BCUT2D eigenvalue weighted by Gasteiger charge is -2.08. The zero-order valence-electron chi connectivity index (χ0n) is 10.1. The Labute approximate surface area is 105 Å². The Morgan fingerprint density at radius 2 is 2.06 bits per heavy atom. The molecule has 0 atom stereocenters. The van der Waals surface area contributed by atoms with E-state index in [1.54, 1.807) is 6.92 Å². The summed E-state index contributed by atoms with van der Waals surface area (Å²) >= 11 is 0. The number of benzene rings is 1. The summed E-state index contributed by atoms with van der Waals surface area (Å²) in [5.41, 5.74) is -0.292. The highest BCUT2D eigenvalue weighted by Gasteiger charge is 2.20. The maximum Gasteiger partial charge on any atom is 0.341 e. The first-order chi connectivity index (χ1) is 8.27. The summed E-state index contributed by atoms with van der Waals surface area (Å²) in [7, 11) is -4.00. The van der Waals surface area contributed by atoms with Crippen LogP contribution < -0.4 is 5.14 Å². The van der Waals surface area contributed by atoms with Gasteiger partial charge >= 0.3 is 5.97 Å². The minimum absolute atomic E-state index is 0.136. The standard InChI is InChI=1S/C11H14FNO4S/c1-3-4-17-11(14)8-6-10(18(13,15)16)7(2)5-9(8)12/h5-6H,3-4H2,1-2H3,(H2,13,15,16). The number of esters is 1. The van der Waals surface area contributed by atoms with Crippen molar-refractivity contribution >= 4 is 16.0 Å². The van der Waals surface area contributed by atoms with Gasteiger partial charge in [0.05, 0.1) is 17.1 Å². The number of primary sulfonamides is 1. The van der Waals surface area contributed by atoms with Crippen LogP contribution in [0, 0.1) is 12.7 Å². The molecule has 0 amide bonds. The molecule has 0 saturated heterocycles. The minimum atomic E-state index is -4.00. The van der Waals surface area contributed by atoms with Crippen LogP contribution in [-0.4, -0.2) is 21.0 Å². The van der Waals surface area contributed by atoms with Crippen molar-refractivity contribution in [2.75, 3.05) is 6.61 Å². The molecule has 18 heavy (non-hydrogen) atoms. The molecule has 0 aliphatic rings. The zero-order chi connectivity index (χ0) is 13.9. The van der Waals surface area contributed by atoms with Crippen molar-refractivity contribution in [3.8, 4) is 0 Å². The average Bonchev–Trinajstić information content (AvgIpc) is 2.24. The number of carbonyl (C=O) groups is 1. The number of hydrogen-bond acceptors (Lipinski definition) is 4. The van der Waals surface area contributed by atoms with Crippen LogP contribution in [-0.2, 0) is 14.8 Å². The first-order valence-corrected chi connectivity index (χ1v) is 6.82. The second kappa shape index (κ2) is 5.45. The molecule has 7 heteroatoms. The second-order valence-corrected chi connectivity index (χ2v) is 5.31. The summed E-state index contributed by atoms with van der Waals surface area (Å²) in [6.07, 6.45) is 0.585. The number of aryl methyl sites for hydroxylation is 1. The summed E-state index contributed by atoms with van der Waals surface area (Å²) in [6.45, 7) is 3.31. The van der Waals surface area contributed by atoms with Crippen molar-refractivity contribution in [2.24, 2.45) is 5.14 Å². The van der Waals surface area contributed by atoms with E-state index in [1.165, 1.54) is 6.92 Å². The monoisotopic (exact) mass is 275 g/mol. The largest absolute Gasteiger partial charge is 0.462 e. The number of nitrogens with two attached hydrogens (primary N) is 1. The first kappa shape index (κ1) is 14.6. The first-order valence-electron chi connectivity index (χ1n) is 5.27. The molecule has 0 fully saturated rings. The van der Waals surface area contributed by atoms with Gasteiger partial charge in [0.2, 0.25) is 10.0 Å². The van der Waals surface area contributed by atoms with Crippen LogP contribution in [0.25, 0.3) is 0 Å². The van der Waals surface area contributed by atoms with Crippen molar-refractivity contribution < 1.29 is 22.3 Å². The molecular formula is C11H14FNO4S. The number of rotatable bonds is 4. The van der Waals surface area contributed by atoms with Gasteiger partial charge in [0.15, 0.2) is 0 Å². The summed E-state index contributed by atoms with van der Waals surface area (Å²) < 4.78 is 40.8. The van der Waals surface area contributed by atoms with Gasteiger partial charge in [-0.05, 0) is 31.0 Å². The van der Waals surface area contributed by atoms with Crippen molar-refractivity contribution in [2.45, 2.75) is 25.2 Å². The maximum absolute atomic E-state index is 13.6. The van der Waals surface area contributed by atoms with Crippen LogP contribution in [0.1, 0.15) is 29.3 Å². The molecule has 0 radical (unpaired) electrons. The summed E-state index contributed by atoms with van der Waals surface area (Å²) in [6, 6.07) is 1.85. The fourth-order valence-electron chi connectivity index (χ4n) is 1.39. The molecule has 0 saturated carbocycles. The van der Waals surface area contributed by atoms with Gasteiger partial charge in [0.25, 0.3) is 0 Å². The third-order valence-corrected chi connectivity index (χ3v) is 3.28. The predicted molar refractivity (Wildman–Crippen MR) is 63.1 cm³/mol. The Morgan fingerprint density at radius 3 is 2.56 bits per heavy atom. The molecule has 0 aliphatic carbocycles. The Bertz CT molecular complexity index is 569. The van der Waals surface area contributed by atoms with E-state index < -0.39 is 27.4 Å². The van der Waals surface area contributed by atoms with Crippen molar-refractivity contribution in [1.82, 2.24) is 0 Å². The third kappa shape index (κ3) is 3.27. The van der Waals surface area contributed by atoms with E-state index in [0.717, 1.165) is 12.1 Å². The van der Waals surface area contributed by atoms with Crippen LogP contribution in [0.3, 0.4) is 0 Å². The third-order valence-electron chi connectivity index (χ3n) is 2.23. The minimum Gasteiger partial charge on any atom is -0.462 e. The van der Waals surface area contributed by atoms with E-state index in [2.05, 4.69) is 0 Å². The summed E-state index contributed by atoms with van der Waals surface area (Å²) in [5.74, 6) is -1.74. The van der Waals surface area contributed by atoms with Gasteiger partial charge in [-0.3, -0.25) is 0 Å². The van der Waals surface area contributed by atoms with Gasteiger partial charge in [-0.1, -0.05) is 6.92 Å². The van der Waals surface area contributed by atoms with Gasteiger partial charge in [-0.15, -0.1) is 0 Å². The average molecular weight is 275 g/mol. The lowest BCUT2D eigenvalue weighted by Crippen LogP contribution is -2.16. The molecule has 1 aromatic carbocycles. The van der Waals surface area contributed by atoms with Crippen molar-refractivity contribution in [1.29, 1.82) is 0 Å². The fourth-order valence-corrected chi connectivity index (χ4v) is 2.18. The number of carbonyl (C=O) groups excluding carboxylic acids is 1. The maximum atomic E-state index is 13.6.